The van der Waals surface area contributed by atoms with Gasteiger partial charge in [0, 0.05) is 10.9 Å². The third-order valence-corrected chi connectivity index (χ3v) is 6.50. The van der Waals surface area contributed by atoms with Crippen molar-refractivity contribution in [2.75, 3.05) is 0 Å². The average Bonchev–Trinajstić information content (AvgIpc) is 2.83. The molecule has 0 bridgehead atoms. The van der Waals surface area contributed by atoms with Crippen LogP contribution in [0.5, 0.6) is 0 Å². The molecule has 0 heterocycles. The molecule has 0 aliphatic rings. The van der Waals surface area contributed by atoms with Gasteiger partial charge < -0.3 is 0 Å². The third-order valence-electron chi connectivity index (χ3n) is 6.50. The van der Waals surface area contributed by atoms with E-state index in [2.05, 4.69) is 6.92 Å². The summed E-state index contributed by atoms with van der Waals surface area (Å²) >= 11 is 0. The fourth-order valence-corrected chi connectivity index (χ4v) is 4.56. The zero-order chi connectivity index (χ0) is 26.7. The highest BCUT2D eigenvalue weighted by atomic mass is 19.4. The van der Waals surface area contributed by atoms with Crippen LogP contribution >= 0.6 is 0 Å². The van der Waals surface area contributed by atoms with Gasteiger partial charge in [0.2, 0.25) is 0 Å². The van der Waals surface area contributed by atoms with E-state index >= 15 is 4.39 Å². The molecule has 0 nitrogen and oxygen atoms in total. The van der Waals surface area contributed by atoms with Crippen LogP contribution < -0.4 is 0 Å². The minimum atomic E-state index is -4.84. The SMILES string of the molecule is CCCCCCCc1cc(F)c(-c2ccc(-c3ccc4c(F)c(C(F)(F)F)ccc4c3)c(F)c2)c(F)c1. The van der Waals surface area contributed by atoms with Crippen LogP contribution in [-0.2, 0) is 12.6 Å². The topological polar surface area (TPSA) is 0 Å². The number of halogens is 7. The summed E-state index contributed by atoms with van der Waals surface area (Å²) in [5.41, 5.74) is -0.794. The van der Waals surface area contributed by atoms with E-state index in [1.54, 1.807) is 0 Å². The first-order valence-corrected chi connectivity index (χ1v) is 12.2. The van der Waals surface area contributed by atoms with Crippen LogP contribution in [0.2, 0.25) is 0 Å². The van der Waals surface area contributed by atoms with Gasteiger partial charge in [-0.1, -0.05) is 62.9 Å². The van der Waals surface area contributed by atoms with Crippen molar-refractivity contribution in [2.45, 2.75) is 51.6 Å². The Hall–Kier alpha value is -3.35. The van der Waals surface area contributed by atoms with Crippen molar-refractivity contribution < 1.29 is 30.7 Å². The molecule has 0 atom stereocenters. The Bertz CT molecular complexity index is 1400. The summed E-state index contributed by atoms with van der Waals surface area (Å²) in [6, 6.07) is 11.9. The first-order chi connectivity index (χ1) is 17.6. The summed E-state index contributed by atoms with van der Waals surface area (Å²) in [5, 5.41) is -0.0842. The molecule has 4 aromatic carbocycles. The van der Waals surface area contributed by atoms with Crippen molar-refractivity contribution in [1.29, 1.82) is 0 Å². The molecule has 0 N–H and O–H groups in total. The highest BCUT2D eigenvalue weighted by Crippen LogP contribution is 2.37. The molecule has 4 rings (SSSR count). The highest BCUT2D eigenvalue weighted by Gasteiger charge is 2.34. The van der Waals surface area contributed by atoms with Gasteiger partial charge >= 0.3 is 6.18 Å². The van der Waals surface area contributed by atoms with Gasteiger partial charge in [-0.25, -0.2) is 17.6 Å². The predicted molar refractivity (Wildman–Crippen MR) is 132 cm³/mol. The van der Waals surface area contributed by atoms with Gasteiger partial charge in [0.05, 0.1) is 11.1 Å². The maximum absolute atomic E-state index is 15.1. The molecule has 194 valence electrons. The number of hydrogen-bond donors (Lipinski definition) is 0. The molecular weight excluding hydrogens is 493 g/mol. The van der Waals surface area contributed by atoms with Gasteiger partial charge in [-0.05, 0) is 65.3 Å². The molecule has 0 aromatic heterocycles. The van der Waals surface area contributed by atoms with E-state index in [9.17, 15) is 26.3 Å². The summed E-state index contributed by atoms with van der Waals surface area (Å²) in [7, 11) is 0. The lowest BCUT2D eigenvalue weighted by Gasteiger charge is -2.12. The molecule has 0 aliphatic heterocycles. The summed E-state index contributed by atoms with van der Waals surface area (Å²) in [5.74, 6) is -3.74. The van der Waals surface area contributed by atoms with E-state index in [4.69, 9.17) is 0 Å². The van der Waals surface area contributed by atoms with Crippen molar-refractivity contribution >= 4 is 10.8 Å². The van der Waals surface area contributed by atoms with Gasteiger partial charge in [0.15, 0.2) is 0 Å². The van der Waals surface area contributed by atoms with Crippen molar-refractivity contribution in [3.63, 3.8) is 0 Å². The monoisotopic (exact) mass is 518 g/mol. The molecule has 0 aliphatic carbocycles. The Morgan fingerprint density at radius 2 is 1.32 bits per heavy atom. The van der Waals surface area contributed by atoms with E-state index in [-0.39, 0.29) is 33.0 Å². The van der Waals surface area contributed by atoms with E-state index < -0.39 is 35.0 Å². The van der Waals surface area contributed by atoms with Crippen LogP contribution in [0.1, 0.15) is 50.2 Å². The fraction of sp³-hybridized carbons (Fsp3) is 0.267. The first kappa shape index (κ1) is 26.7. The number of hydrogen-bond acceptors (Lipinski definition) is 0. The Kier molecular flexibility index (Phi) is 7.90. The van der Waals surface area contributed by atoms with E-state index in [0.717, 1.165) is 50.3 Å². The van der Waals surface area contributed by atoms with Crippen molar-refractivity contribution in [3.8, 4) is 22.3 Å². The zero-order valence-electron chi connectivity index (χ0n) is 20.2. The quantitative estimate of drug-likeness (QED) is 0.161. The van der Waals surface area contributed by atoms with E-state index in [1.165, 1.54) is 36.4 Å². The second kappa shape index (κ2) is 11.0. The lowest BCUT2D eigenvalue weighted by Crippen LogP contribution is -2.08. The van der Waals surface area contributed by atoms with Crippen molar-refractivity contribution in [2.24, 2.45) is 0 Å². The van der Waals surface area contributed by atoms with Crippen LogP contribution in [0.15, 0.2) is 60.7 Å². The van der Waals surface area contributed by atoms with Gasteiger partial charge in [0.25, 0.3) is 0 Å². The molecule has 0 saturated heterocycles. The molecule has 0 unspecified atom stereocenters. The number of fused-ring (bicyclic) bond motifs is 1. The van der Waals surface area contributed by atoms with E-state index in [0.29, 0.717) is 18.1 Å². The third kappa shape index (κ3) is 5.81. The number of benzene rings is 4. The Morgan fingerprint density at radius 3 is 1.97 bits per heavy atom. The number of unbranched alkanes of at least 4 members (excludes halogenated alkanes) is 4. The van der Waals surface area contributed by atoms with Crippen LogP contribution in [-0.4, -0.2) is 0 Å². The maximum Gasteiger partial charge on any atom is 0.419 e. The van der Waals surface area contributed by atoms with Crippen LogP contribution in [0, 0.1) is 23.3 Å². The molecule has 4 aromatic rings. The van der Waals surface area contributed by atoms with Gasteiger partial charge in [-0.2, -0.15) is 13.2 Å². The standard InChI is InChI=1S/C30H25F7/c1-2-3-4-5-6-7-18-14-26(32)28(27(33)15-18)21-9-11-22(25(31)17-21)19-8-12-23-20(16-19)10-13-24(29(23)34)30(35,36)37/h8-17H,2-7H2,1H3. The summed E-state index contributed by atoms with van der Waals surface area (Å²) in [6.45, 7) is 2.11. The molecule has 37 heavy (non-hydrogen) atoms. The van der Waals surface area contributed by atoms with Crippen LogP contribution in [0.25, 0.3) is 33.0 Å². The normalized spacial score (nSPS) is 11.9. The molecule has 0 fully saturated rings. The van der Waals surface area contributed by atoms with Crippen molar-refractivity contribution in [3.05, 3.63) is 95.1 Å². The highest BCUT2D eigenvalue weighted by molar-refractivity contribution is 5.89. The molecular formula is C30H25F7. The average molecular weight is 519 g/mol. The Balaban J connectivity index is 1.61. The van der Waals surface area contributed by atoms with E-state index in [1.807, 2.05) is 0 Å². The predicted octanol–water partition coefficient (Wildman–Crippen LogP) is 10.3. The molecule has 0 amide bonds. The minimum absolute atomic E-state index is 0.0207. The summed E-state index contributed by atoms with van der Waals surface area (Å²) < 4.78 is 98.1. The van der Waals surface area contributed by atoms with Gasteiger partial charge in [-0.15, -0.1) is 0 Å². The summed E-state index contributed by atoms with van der Waals surface area (Å²) in [6.07, 6.45) is 0.833. The van der Waals surface area contributed by atoms with Crippen LogP contribution in [0.3, 0.4) is 0 Å². The zero-order valence-corrected chi connectivity index (χ0v) is 20.2. The van der Waals surface area contributed by atoms with Crippen molar-refractivity contribution in [1.82, 2.24) is 0 Å². The first-order valence-electron chi connectivity index (χ1n) is 12.2. The molecule has 0 radical (unpaired) electrons. The smallest absolute Gasteiger partial charge is 0.206 e. The van der Waals surface area contributed by atoms with Crippen LogP contribution in [0.4, 0.5) is 30.7 Å². The Morgan fingerprint density at radius 1 is 0.649 bits per heavy atom. The maximum atomic E-state index is 15.1. The number of alkyl halides is 3. The number of aryl methyl sites for hydroxylation is 1. The second-order valence-corrected chi connectivity index (χ2v) is 9.15. The summed E-state index contributed by atoms with van der Waals surface area (Å²) in [4.78, 5) is 0. The number of rotatable bonds is 8. The molecule has 0 spiro atoms. The Labute approximate surface area is 210 Å². The lowest BCUT2D eigenvalue weighted by atomic mass is 9.95. The molecule has 0 saturated carbocycles. The molecule has 7 heteroatoms. The largest absolute Gasteiger partial charge is 0.419 e. The fourth-order valence-electron chi connectivity index (χ4n) is 4.56. The van der Waals surface area contributed by atoms with Gasteiger partial charge in [-0.3, -0.25) is 0 Å². The lowest BCUT2D eigenvalue weighted by molar-refractivity contribution is -0.139. The van der Waals surface area contributed by atoms with Gasteiger partial charge in [0.1, 0.15) is 23.3 Å². The second-order valence-electron chi connectivity index (χ2n) is 9.15. The minimum Gasteiger partial charge on any atom is -0.206 e.